The molecule has 1 atom stereocenters. The number of carbonyl (C=O) groups excluding carboxylic acids is 1. The average Bonchev–Trinajstić information content (AvgIpc) is 3.00. The first-order valence-corrected chi connectivity index (χ1v) is 7.75. The second-order valence-corrected chi connectivity index (χ2v) is 5.92. The monoisotopic (exact) mass is 353 g/mol. The summed E-state index contributed by atoms with van der Waals surface area (Å²) < 4.78 is 4.62. The number of nitrogens with one attached hydrogen (secondary N) is 1. The minimum atomic E-state index is -0.291. The Morgan fingerprint density at radius 1 is 1.48 bits per heavy atom. The third-order valence-corrected chi connectivity index (χ3v) is 4.14. The van der Waals surface area contributed by atoms with Crippen LogP contribution in [0.15, 0.2) is 22.9 Å². The molecule has 0 aliphatic carbocycles. The standard InChI is InChI=1S/C14H20BrN5O/c1-10-5-7-17-20(10)12(3)14(21)16-6-4-8-19-9-13(15)11(2)18-19/h5,7,9,12H,4,6,8H2,1-3H3,(H,16,21). The molecule has 1 N–H and O–H groups in total. The molecule has 0 saturated heterocycles. The van der Waals surface area contributed by atoms with Gasteiger partial charge in [-0.3, -0.25) is 14.2 Å². The van der Waals surface area contributed by atoms with Gasteiger partial charge in [0.15, 0.2) is 0 Å². The molecule has 7 heteroatoms. The van der Waals surface area contributed by atoms with E-state index in [0.717, 1.165) is 28.8 Å². The van der Waals surface area contributed by atoms with Crippen LogP contribution in [-0.2, 0) is 11.3 Å². The van der Waals surface area contributed by atoms with Crippen molar-refractivity contribution in [3.63, 3.8) is 0 Å². The maximum Gasteiger partial charge on any atom is 0.244 e. The molecular formula is C14H20BrN5O. The number of halogens is 1. The molecule has 2 rings (SSSR count). The zero-order chi connectivity index (χ0) is 15.4. The smallest absolute Gasteiger partial charge is 0.244 e. The van der Waals surface area contributed by atoms with E-state index >= 15 is 0 Å². The SMILES string of the molecule is Cc1nn(CCCNC(=O)C(C)n2nccc2C)cc1Br. The molecule has 114 valence electrons. The number of aromatic nitrogens is 4. The van der Waals surface area contributed by atoms with Crippen molar-refractivity contribution >= 4 is 21.8 Å². The fourth-order valence-corrected chi connectivity index (χ4v) is 2.42. The van der Waals surface area contributed by atoms with Gasteiger partial charge in [0.1, 0.15) is 6.04 Å². The maximum atomic E-state index is 12.1. The lowest BCUT2D eigenvalue weighted by Gasteiger charge is -2.14. The molecule has 2 heterocycles. The lowest BCUT2D eigenvalue weighted by atomic mass is 10.3. The lowest BCUT2D eigenvalue weighted by Crippen LogP contribution is -2.33. The van der Waals surface area contributed by atoms with Crippen molar-refractivity contribution in [2.75, 3.05) is 6.54 Å². The van der Waals surface area contributed by atoms with E-state index in [9.17, 15) is 4.79 Å². The van der Waals surface area contributed by atoms with Crippen LogP contribution in [0.4, 0.5) is 0 Å². The summed E-state index contributed by atoms with van der Waals surface area (Å²) in [5, 5.41) is 11.5. The topological polar surface area (TPSA) is 64.7 Å². The maximum absolute atomic E-state index is 12.1. The van der Waals surface area contributed by atoms with E-state index in [4.69, 9.17) is 0 Å². The highest BCUT2D eigenvalue weighted by atomic mass is 79.9. The van der Waals surface area contributed by atoms with Gasteiger partial charge in [-0.05, 0) is 49.2 Å². The molecule has 0 spiro atoms. The normalized spacial score (nSPS) is 12.4. The first-order chi connectivity index (χ1) is 9.99. The minimum absolute atomic E-state index is 0.0142. The van der Waals surface area contributed by atoms with Crippen molar-refractivity contribution in [2.45, 2.75) is 39.8 Å². The van der Waals surface area contributed by atoms with Gasteiger partial charge in [-0.15, -0.1) is 0 Å². The highest BCUT2D eigenvalue weighted by Gasteiger charge is 2.16. The van der Waals surface area contributed by atoms with Gasteiger partial charge in [-0.25, -0.2) is 0 Å². The van der Waals surface area contributed by atoms with Gasteiger partial charge in [-0.1, -0.05) is 0 Å². The third kappa shape index (κ3) is 3.93. The van der Waals surface area contributed by atoms with Crippen molar-refractivity contribution < 1.29 is 4.79 Å². The first kappa shape index (κ1) is 15.8. The Labute approximate surface area is 132 Å². The molecule has 0 bridgehead atoms. The number of carbonyl (C=O) groups is 1. The zero-order valence-electron chi connectivity index (χ0n) is 12.5. The Hall–Kier alpha value is -1.63. The molecule has 0 saturated carbocycles. The molecule has 0 radical (unpaired) electrons. The van der Waals surface area contributed by atoms with Crippen LogP contribution >= 0.6 is 15.9 Å². The largest absolute Gasteiger partial charge is 0.354 e. The molecule has 0 aliphatic rings. The second kappa shape index (κ2) is 6.89. The van der Waals surface area contributed by atoms with E-state index in [2.05, 4.69) is 31.4 Å². The highest BCUT2D eigenvalue weighted by molar-refractivity contribution is 9.10. The van der Waals surface area contributed by atoms with Gasteiger partial charge in [0, 0.05) is 31.2 Å². The molecule has 0 aromatic carbocycles. The minimum Gasteiger partial charge on any atom is -0.354 e. The Morgan fingerprint density at radius 2 is 2.24 bits per heavy atom. The predicted octanol–water partition coefficient (Wildman–Crippen LogP) is 2.23. The number of nitrogens with zero attached hydrogens (tertiary/aromatic N) is 4. The fourth-order valence-electron chi connectivity index (χ4n) is 2.11. The highest BCUT2D eigenvalue weighted by Crippen LogP contribution is 2.13. The van der Waals surface area contributed by atoms with Crippen LogP contribution in [0.3, 0.4) is 0 Å². The summed E-state index contributed by atoms with van der Waals surface area (Å²) in [4.78, 5) is 12.1. The second-order valence-electron chi connectivity index (χ2n) is 5.06. The van der Waals surface area contributed by atoms with E-state index < -0.39 is 0 Å². The first-order valence-electron chi connectivity index (χ1n) is 6.96. The summed E-state index contributed by atoms with van der Waals surface area (Å²) >= 11 is 3.43. The van der Waals surface area contributed by atoms with Crippen LogP contribution in [0, 0.1) is 13.8 Å². The summed E-state index contributed by atoms with van der Waals surface area (Å²) in [7, 11) is 0. The number of aryl methyl sites for hydroxylation is 3. The summed E-state index contributed by atoms with van der Waals surface area (Å²) in [6.07, 6.45) is 4.49. The lowest BCUT2D eigenvalue weighted by molar-refractivity contribution is -0.124. The Morgan fingerprint density at radius 3 is 2.81 bits per heavy atom. The van der Waals surface area contributed by atoms with Gasteiger partial charge in [0.25, 0.3) is 0 Å². The summed E-state index contributed by atoms with van der Waals surface area (Å²) in [5.74, 6) is -0.0142. The molecule has 2 aromatic rings. The van der Waals surface area contributed by atoms with Crippen LogP contribution in [0.2, 0.25) is 0 Å². The quantitative estimate of drug-likeness (QED) is 0.809. The number of rotatable bonds is 6. The van der Waals surface area contributed by atoms with E-state index in [1.807, 2.05) is 37.7 Å². The summed E-state index contributed by atoms with van der Waals surface area (Å²) in [6.45, 7) is 7.15. The van der Waals surface area contributed by atoms with Gasteiger partial charge in [-0.2, -0.15) is 10.2 Å². The molecule has 0 aliphatic heterocycles. The zero-order valence-corrected chi connectivity index (χ0v) is 14.1. The van der Waals surface area contributed by atoms with Gasteiger partial charge >= 0.3 is 0 Å². The van der Waals surface area contributed by atoms with Crippen molar-refractivity contribution in [1.82, 2.24) is 24.9 Å². The fraction of sp³-hybridized carbons (Fsp3) is 0.500. The van der Waals surface area contributed by atoms with Crippen LogP contribution < -0.4 is 5.32 Å². The molecule has 1 amide bonds. The van der Waals surface area contributed by atoms with Crippen molar-refractivity contribution in [2.24, 2.45) is 0 Å². The molecular weight excluding hydrogens is 334 g/mol. The molecule has 21 heavy (non-hydrogen) atoms. The summed E-state index contributed by atoms with van der Waals surface area (Å²) in [6, 6.07) is 1.60. The molecule has 2 aromatic heterocycles. The van der Waals surface area contributed by atoms with Crippen LogP contribution in [0.5, 0.6) is 0 Å². The molecule has 6 nitrogen and oxygen atoms in total. The Balaban J connectivity index is 1.75. The average molecular weight is 354 g/mol. The van der Waals surface area contributed by atoms with E-state index in [1.54, 1.807) is 10.9 Å². The number of amides is 1. The van der Waals surface area contributed by atoms with E-state index in [1.165, 1.54) is 0 Å². The van der Waals surface area contributed by atoms with Crippen LogP contribution in [0.25, 0.3) is 0 Å². The Bertz CT molecular complexity index is 599. The number of hydrogen-bond donors (Lipinski definition) is 1. The van der Waals surface area contributed by atoms with Gasteiger partial charge in [0.05, 0.1) is 10.2 Å². The van der Waals surface area contributed by atoms with Crippen molar-refractivity contribution in [3.05, 3.63) is 34.3 Å². The Kier molecular flexibility index (Phi) is 5.17. The van der Waals surface area contributed by atoms with Crippen LogP contribution in [0.1, 0.15) is 30.8 Å². The number of hydrogen-bond acceptors (Lipinski definition) is 3. The van der Waals surface area contributed by atoms with E-state index in [0.29, 0.717) is 6.54 Å². The van der Waals surface area contributed by atoms with Gasteiger partial charge in [0.2, 0.25) is 5.91 Å². The third-order valence-electron chi connectivity index (χ3n) is 3.36. The van der Waals surface area contributed by atoms with Crippen LogP contribution in [-0.4, -0.2) is 32.0 Å². The molecule has 0 fully saturated rings. The van der Waals surface area contributed by atoms with Gasteiger partial charge < -0.3 is 5.32 Å². The predicted molar refractivity (Wildman–Crippen MR) is 84.0 cm³/mol. The summed E-state index contributed by atoms with van der Waals surface area (Å²) in [5.41, 5.74) is 1.95. The van der Waals surface area contributed by atoms with E-state index in [-0.39, 0.29) is 11.9 Å². The molecule has 1 unspecified atom stereocenters. The van der Waals surface area contributed by atoms with Crippen molar-refractivity contribution in [3.8, 4) is 0 Å². The van der Waals surface area contributed by atoms with Crippen molar-refractivity contribution in [1.29, 1.82) is 0 Å².